The molecular weight excluding hydrogens is 329 g/mol. The first-order chi connectivity index (χ1) is 12.6. The number of nitrogens with zero attached hydrogens (tertiary/aromatic N) is 3. The van der Waals surface area contributed by atoms with Crippen LogP contribution in [-0.4, -0.2) is 28.8 Å². The summed E-state index contributed by atoms with van der Waals surface area (Å²) in [6, 6.07) is 13.7. The van der Waals surface area contributed by atoms with E-state index in [1.54, 1.807) is 12.1 Å². The van der Waals surface area contributed by atoms with E-state index in [1.807, 2.05) is 31.2 Å². The number of aryl methyl sites for hydroxylation is 1. The number of para-hydroxylation sites is 2. The summed E-state index contributed by atoms with van der Waals surface area (Å²) in [6.45, 7) is 3.52. The highest BCUT2D eigenvalue weighted by atomic mass is 19.1. The van der Waals surface area contributed by atoms with Gasteiger partial charge in [0.2, 0.25) is 0 Å². The van der Waals surface area contributed by atoms with Crippen LogP contribution in [0.1, 0.15) is 28.9 Å². The maximum atomic E-state index is 13.0. The molecule has 1 saturated heterocycles. The van der Waals surface area contributed by atoms with Crippen LogP contribution in [0.4, 0.5) is 10.2 Å². The number of rotatable bonds is 3. The van der Waals surface area contributed by atoms with E-state index in [1.165, 1.54) is 12.1 Å². The summed E-state index contributed by atoms with van der Waals surface area (Å²) in [5.41, 5.74) is 3.28. The summed E-state index contributed by atoms with van der Waals surface area (Å²) in [6.07, 6.45) is 1.54. The van der Waals surface area contributed by atoms with E-state index in [2.05, 4.69) is 9.88 Å². The van der Waals surface area contributed by atoms with Crippen molar-refractivity contribution in [3.8, 4) is 0 Å². The van der Waals surface area contributed by atoms with Crippen LogP contribution in [0.2, 0.25) is 0 Å². The molecule has 0 atom stereocenters. The molecule has 4 nitrogen and oxygen atoms in total. The molecule has 0 N–H and O–H groups in total. The van der Waals surface area contributed by atoms with E-state index >= 15 is 0 Å². The Hall–Kier alpha value is -2.82. The van der Waals surface area contributed by atoms with Gasteiger partial charge in [-0.1, -0.05) is 12.1 Å². The number of carbonyl (C=O) groups is 1. The van der Waals surface area contributed by atoms with Crippen molar-refractivity contribution in [1.82, 2.24) is 9.97 Å². The van der Waals surface area contributed by atoms with Crippen molar-refractivity contribution in [2.75, 3.05) is 18.0 Å². The van der Waals surface area contributed by atoms with Gasteiger partial charge in [-0.05, 0) is 56.2 Å². The zero-order chi connectivity index (χ0) is 18.1. The van der Waals surface area contributed by atoms with Crippen LogP contribution in [0.3, 0.4) is 0 Å². The predicted molar refractivity (Wildman–Crippen MR) is 99.9 cm³/mol. The molecule has 1 aliphatic heterocycles. The van der Waals surface area contributed by atoms with Gasteiger partial charge in [0.05, 0.1) is 16.7 Å². The van der Waals surface area contributed by atoms with E-state index in [-0.39, 0.29) is 17.5 Å². The summed E-state index contributed by atoms with van der Waals surface area (Å²) >= 11 is 0. The maximum Gasteiger partial charge on any atom is 0.166 e. The van der Waals surface area contributed by atoms with Gasteiger partial charge in [0, 0.05) is 24.6 Å². The third-order valence-electron chi connectivity index (χ3n) is 5.01. The largest absolute Gasteiger partial charge is 0.355 e. The number of anilines is 1. The van der Waals surface area contributed by atoms with Gasteiger partial charge < -0.3 is 4.90 Å². The van der Waals surface area contributed by atoms with Gasteiger partial charge in [-0.2, -0.15) is 0 Å². The van der Waals surface area contributed by atoms with E-state index in [0.717, 1.165) is 48.5 Å². The Morgan fingerprint density at radius 3 is 2.27 bits per heavy atom. The van der Waals surface area contributed by atoms with E-state index in [4.69, 9.17) is 4.98 Å². The Morgan fingerprint density at radius 2 is 1.62 bits per heavy atom. The molecule has 3 aromatic rings. The fraction of sp³-hybridized carbons (Fsp3) is 0.286. The summed E-state index contributed by atoms with van der Waals surface area (Å²) in [4.78, 5) is 24.3. The fourth-order valence-corrected chi connectivity index (χ4v) is 3.58. The number of aromatic nitrogens is 2. The summed E-state index contributed by atoms with van der Waals surface area (Å²) in [5, 5.41) is 0. The molecule has 0 saturated carbocycles. The molecule has 5 heteroatoms. The highest BCUT2D eigenvalue weighted by Crippen LogP contribution is 2.27. The van der Waals surface area contributed by atoms with Gasteiger partial charge in [-0.15, -0.1) is 0 Å². The molecule has 2 aromatic carbocycles. The number of ketones is 1. The molecule has 2 heterocycles. The molecule has 0 unspecified atom stereocenters. The first kappa shape index (κ1) is 16.6. The van der Waals surface area contributed by atoms with Crippen molar-refractivity contribution in [2.24, 2.45) is 5.92 Å². The highest BCUT2D eigenvalue weighted by Gasteiger charge is 2.27. The molecule has 1 fully saturated rings. The Morgan fingerprint density at radius 1 is 1.00 bits per heavy atom. The third kappa shape index (κ3) is 3.17. The van der Waals surface area contributed by atoms with Crippen LogP contribution in [0.15, 0.2) is 48.5 Å². The molecule has 4 rings (SSSR count). The monoisotopic (exact) mass is 349 g/mol. The number of piperidine rings is 1. The Labute approximate surface area is 151 Å². The lowest BCUT2D eigenvalue weighted by atomic mass is 9.89. The normalized spacial score (nSPS) is 15.4. The zero-order valence-electron chi connectivity index (χ0n) is 14.7. The summed E-state index contributed by atoms with van der Waals surface area (Å²) < 4.78 is 13.0. The molecule has 1 aromatic heterocycles. The van der Waals surface area contributed by atoms with Gasteiger partial charge in [0.1, 0.15) is 5.82 Å². The van der Waals surface area contributed by atoms with Crippen LogP contribution in [-0.2, 0) is 0 Å². The number of benzene rings is 2. The molecule has 0 radical (unpaired) electrons. The topological polar surface area (TPSA) is 46.1 Å². The predicted octanol–water partition coefficient (Wildman–Crippen LogP) is 4.18. The Balaban J connectivity index is 1.49. The minimum atomic E-state index is -0.318. The van der Waals surface area contributed by atoms with Crippen LogP contribution in [0, 0.1) is 18.7 Å². The van der Waals surface area contributed by atoms with E-state index in [9.17, 15) is 9.18 Å². The van der Waals surface area contributed by atoms with Crippen molar-refractivity contribution in [3.05, 3.63) is 65.6 Å². The number of Topliss-reactive ketones (excluding diaryl/α,β-unsaturated/α-hetero) is 1. The van der Waals surface area contributed by atoms with E-state index in [0.29, 0.717) is 5.56 Å². The van der Waals surface area contributed by atoms with Gasteiger partial charge >= 0.3 is 0 Å². The quantitative estimate of drug-likeness (QED) is 0.666. The smallest absolute Gasteiger partial charge is 0.166 e. The first-order valence-electron chi connectivity index (χ1n) is 8.90. The Bertz CT molecular complexity index is 947. The average molecular weight is 349 g/mol. The van der Waals surface area contributed by atoms with Gasteiger partial charge in [0.25, 0.3) is 0 Å². The molecule has 1 aliphatic rings. The second kappa shape index (κ2) is 6.83. The summed E-state index contributed by atoms with van der Waals surface area (Å²) in [5.74, 6) is 0.662. The van der Waals surface area contributed by atoms with E-state index < -0.39 is 0 Å². The van der Waals surface area contributed by atoms with Crippen molar-refractivity contribution in [2.45, 2.75) is 19.8 Å². The maximum absolute atomic E-state index is 13.0. The first-order valence-corrected chi connectivity index (χ1v) is 8.90. The number of hydrogen-bond acceptors (Lipinski definition) is 4. The number of halogens is 1. The van der Waals surface area contributed by atoms with Crippen molar-refractivity contribution < 1.29 is 9.18 Å². The number of carbonyl (C=O) groups excluding carboxylic acids is 1. The lowest BCUT2D eigenvalue weighted by Crippen LogP contribution is -2.37. The van der Waals surface area contributed by atoms with Crippen molar-refractivity contribution in [3.63, 3.8) is 0 Å². The molecule has 132 valence electrons. The molecule has 0 bridgehead atoms. The van der Waals surface area contributed by atoms with Gasteiger partial charge in [-0.3, -0.25) is 4.79 Å². The molecule has 0 aliphatic carbocycles. The van der Waals surface area contributed by atoms with Gasteiger partial charge in [0.15, 0.2) is 11.6 Å². The molecule has 0 spiro atoms. The van der Waals surface area contributed by atoms with Crippen molar-refractivity contribution in [1.29, 1.82) is 0 Å². The summed E-state index contributed by atoms with van der Waals surface area (Å²) in [7, 11) is 0. The average Bonchev–Trinajstić information content (AvgIpc) is 2.68. The number of hydrogen-bond donors (Lipinski definition) is 0. The standard InChI is InChI=1S/C21H20FN3O/c1-14-21(24-19-5-3-2-4-18(19)23-14)25-12-10-16(11-13-25)20(26)15-6-8-17(22)9-7-15/h2-9,16H,10-13H2,1H3. The second-order valence-electron chi connectivity index (χ2n) is 6.75. The fourth-order valence-electron chi connectivity index (χ4n) is 3.58. The third-order valence-corrected chi connectivity index (χ3v) is 5.01. The Kier molecular flexibility index (Phi) is 4.37. The highest BCUT2D eigenvalue weighted by molar-refractivity contribution is 5.98. The minimum Gasteiger partial charge on any atom is -0.355 e. The van der Waals surface area contributed by atoms with Gasteiger partial charge in [-0.25, -0.2) is 14.4 Å². The van der Waals surface area contributed by atoms with Crippen LogP contribution in [0.25, 0.3) is 11.0 Å². The van der Waals surface area contributed by atoms with Crippen LogP contribution in [0.5, 0.6) is 0 Å². The van der Waals surface area contributed by atoms with Crippen molar-refractivity contribution >= 4 is 22.6 Å². The lowest BCUT2D eigenvalue weighted by molar-refractivity contribution is 0.0900. The molecular formula is C21H20FN3O. The zero-order valence-corrected chi connectivity index (χ0v) is 14.7. The molecule has 0 amide bonds. The SMILES string of the molecule is Cc1nc2ccccc2nc1N1CCC(C(=O)c2ccc(F)cc2)CC1. The number of fused-ring (bicyclic) bond motifs is 1. The molecule has 26 heavy (non-hydrogen) atoms. The minimum absolute atomic E-state index is 0.0227. The van der Waals surface area contributed by atoms with Crippen LogP contribution < -0.4 is 4.90 Å². The second-order valence-corrected chi connectivity index (χ2v) is 6.75. The lowest BCUT2D eigenvalue weighted by Gasteiger charge is -2.32. The van der Waals surface area contributed by atoms with Crippen LogP contribution >= 0.6 is 0 Å².